The molecule has 1 rings (SSSR count). The van der Waals surface area contributed by atoms with Gasteiger partial charge in [0.25, 0.3) is 5.91 Å². The Kier molecular flexibility index (Phi) is 6.22. The van der Waals surface area contributed by atoms with Gasteiger partial charge in [0.15, 0.2) is 6.10 Å². The molecule has 1 amide bonds. The lowest BCUT2D eigenvalue weighted by Gasteiger charge is -2.17. The number of nitrogens with two attached hydrogens (primary N) is 1. The molecule has 0 aliphatic heterocycles. The minimum Gasteiger partial charge on any atom is -0.480 e. The van der Waals surface area contributed by atoms with Gasteiger partial charge in [-0.05, 0) is 25.5 Å². The molecule has 0 radical (unpaired) electrons. The Labute approximate surface area is 109 Å². The maximum absolute atomic E-state index is 11.2. The van der Waals surface area contributed by atoms with E-state index in [9.17, 15) is 4.79 Å². The summed E-state index contributed by atoms with van der Waals surface area (Å²) in [5, 5.41) is 3.32. The van der Waals surface area contributed by atoms with Crippen LogP contribution < -0.4 is 15.8 Å². The van der Waals surface area contributed by atoms with Crippen LogP contribution >= 0.6 is 0 Å². The summed E-state index contributed by atoms with van der Waals surface area (Å²) in [6.07, 6.45) is 1.10. The smallest absolute Gasteiger partial charge is 0.258 e. The molecule has 0 aliphatic carbocycles. The van der Waals surface area contributed by atoms with Gasteiger partial charge in [-0.2, -0.15) is 0 Å². The molecule has 0 spiro atoms. The van der Waals surface area contributed by atoms with E-state index in [1.54, 1.807) is 0 Å². The van der Waals surface area contributed by atoms with Gasteiger partial charge in [-0.15, -0.1) is 0 Å². The van der Waals surface area contributed by atoms with Gasteiger partial charge in [-0.1, -0.05) is 32.0 Å². The Hall–Kier alpha value is -1.55. The van der Waals surface area contributed by atoms with Crippen LogP contribution in [0.5, 0.6) is 5.75 Å². The molecule has 1 aromatic carbocycles. The van der Waals surface area contributed by atoms with Crippen LogP contribution in [0.2, 0.25) is 0 Å². The lowest BCUT2D eigenvalue weighted by atomic mass is 10.2. The number of primary amides is 1. The number of para-hydroxylation sites is 1. The average molecular weight is 250 g/mol. The van der Waals surface area contributed by atoms with Gasteiger partial charge < -0.3 is 15.8 Å². The third-order valence-electron chi connectivity index (χ3n) is 2.67. The molecular formula is C14H22N2O2. The Morgan fingerprint density at radius 1 is 1.39 bits per heavy atom. The minimum atomic E-state index is -0.558. The Morgan fingerprint density at radius 2 is 2.11 bits per heavy atom. The molecule has 3 N–H and O–H groups in total. The predicted octanol–water partition coefficient (Wildman–Crippen LogP) is 1.83. The molecule has 100 valence electrons. The van der Waals surface area contributed by atoms with Gasteiger partial charge in [0, 0.05) is 12.1 Å². The molecule has 0 aromatic heterocycles. The van der Waals surface area contributed by atoms with Crippen LogP contribution in [-0.4, -0.2) is 18.6 Å². The van der Waals surface area contributed by atoms with Crippen molar-refractivity contribution in [2.75, 3.05) is 6.54 Å². The van der Waals surface area contributed by atoms with E-state index in [0.29, 0.717) is 6.42 Å². The van der Waals surface area contributed by atoms with Gasteiger partial charge in [0.1, 0.15) is 5.75 Å². The van der Waals surface area contributed by atoms with Crippen molar-refractivity contribution in [3.63, 3.8) is 0 Å². The van der Waals surface area contributed by atoms with E-state index < -0.39 is 12.0 Å². The van der Waals surface area contributed by atoms with Crippen LogP contribution in [0.4, 0.5) is 0 Å². The summed E-state index contributed by atoms with van der Waals surface area (Å²) in [4.78, 5) is 11.2. The topological polar surface area (TPSA) is 64.3 Å². The largest absolute Gasteiger partial charge is 0.480 e. The fourth-order valence-corrected chi connectivity index (χ4v) is 1.66. The van der Waals surface area contributed by atoms with Crippen molar-refractivity contribution in [3.05, 3.63) is 29.8 Å². The minimum absolute atomic E-state index is 0.422. The second-order valence-electron chi connectivity index (χ2n) is 4.20. The van der Waals surface area contributed by atoms with E-state index in [-0.39, 0.29) is 0 Å². The van der Waals surface area contributed by atoms with Crippen LogP contribution in [0, 0.1) is 0 Å². The normalized spacial score (nSPS) is 12.1. The van der Waals surface area contributed by atoms with Crippen molar-refractivity contribution >= 4 is 5.91 Å². The highest BCUT2D eigenvalue weighted by atomic mass is 16.5. The number of carbonyl (C=O) groups is 1. The molecule has 1 unspecified atom stereocenters. The molecule has 1 atom stereocenters. The summed E-state index contributed by atoms with van der Waals surface area (Å²) in [5.74, 6) is 0.306. The standard InChI is InChI=1S/C14H22N2O2/c1-3-9-16-10-11-7-5-6-8-13(11)18-12(4-2)14(15)17/h5-8,12,16H,3-4,9-10H2,1-2H3,(H2,15,17). The number of amides is 1. The number of hydrogen-bond donors (Lipinski definition) is 2. The van der Waals surface area contributed by atoms with Crippen molar-refractivity contribution in [1.82, 2.24) is 5.32 Å². The molecule has 0 bridgehead atoms. The highest BCUT2D eigenvalue weighted by molar-refractivity contribution is 5.79. The van der Waals surface area contributed by atoms with Crippen LogP contribution in [0.25, 0.3) is 0 Å². The lowest BCUT2D eigenvalue weighted by Crippen LogP contribution is -2.33. The zero-order chi connectivity index (χ0) is 13.4. The molecule has 1 aromatic rings. The predicted molar refractivity (Wildman–Crippen MR) is 72.3 cm³/mol. The third-order valence-corrected chi connectivity index (χ3v) is 2.67. The maximum Gasteiger partial charge on any atom is 0.258 e. The molecule has 0 aliphatic rings. The van der Waals surface area contributed by atoms with Gasteiger partial charge in [0.05, 0.1) is 0 Å². The first-order chi connectivity index (χ1) is 8.69. The van der Waals surface area contributed by atoms with E-state index >= 15 is 0 Å². The van der Waals surface area contributed by atoms with Gasteiger partial charge in [-0.25, -0.2) is 0 Å². The number of hydrogen-bond acceptors (Lipinski definition) is 3. The molecule has 4 heteroatoms. The number of benzene rings is 1. The summed E-state index contributed by atoms with van der Waals surface area (Å²) in [5.41, 5.74) is 6.33. The summed E-state index contributed by atoms with van der Waals surface area (Å²) in [7, 11) is 0. The molecule has 0 saturated carbocycles. The van der Waals surface area contributed by atoms with Crippen molar-refractivity contribution in [3.8, 4) is 5.75 Å². The lowest BCUT2D eigenvalue weighted by molar-refractivity contribution is -0.124. The summed E-state index contributed by atoms with van der Waals surface area (Å²) in [6.45, 7) is 5.70. The average Bonchev–Trinajstić information content (AvgIpc) is 2.37. The second-order valence-corrected chi connectivity index (χ2v) is 4.20. The van der Waals surface area contributed by atoms with Gasteiger partial charge in [-0.3, -0.25) is 4.79 Å². The van der Waals surface area contributed by atoms with E-state index in [4.69, 9.17) is 10.5 Å². The zero-order valence-electron chi connectivity index (χ0n) is 11.1. The second kappa shape index (κ2) is 7.71. The van der Waals surface area contributed by atoms with E-state index in [0.717, 1.165) is 30.8 Å². The fraction of sp³-hybridized carbons (Fsp3) is 0.500. The van der Waals surface area contributed by atoms with Crippen molar-refractivity contribution in [2.24, 2.45) is 5.73 Å². The van der Waals surface area contributed by atoms with Crippen molar-refractivity contribution in [1.29, 1.82) is 0 Å². The highest BCUT2D eigenvalue weighted by Crippen LogP contribution is 2.19. The Balaban J connectivity index is 2.71. The van der Waals surface area contributed by atoms with E-state index in [1.807, 2.05) is 31.2 Å². The fourth-order valence-electron chi connectivity index (χ4n) is 1.66. The van der Waals surface area contributed by atoms with Crippen LogP contribution in [0.1, 0.15) is 32.3 Å². The number of ether oxygens (including phenoxy) is 1. The highest BCUT2D eigenvalue weighted by Gasteiger charge is 2.15. The first kappa shape index (κ1) is 14.5. The monoisotopic (exact) mass is 250 g/mol. The first-order valence-electron chi connectivity index (χ1n) is 6.43. The molecule has 0 saturated heterocycles. The maximum atomic E-state index is 11.2. The van der Waals surface area contributed by atoms with Crippen LogP contribution in [-0.2, 0) is 11.3 Å². The SMILES string of the molecule is CCCNCc1ccccc1OC(CC)C(N)=O. The summed E-state index contributed by atoms with van der Waals surface area (Å²) in [6, 6.07) is 7.72. The molecule has 0 heterocycles. The Morgan fingerprint density at radius 3 is 2.72 bits per heavy atom. The molecule has 4 nitrogen and oxygen atoms in total. The van der Waals surface area contributed by atoms with E-state index in [1.165, 1.54) is 0 Å². The van der Waals surface area contributed by atoms with Gasteiger partial charge >= 0.3 is 0 Å². The van der Waals surface area contributed by atoms with Crippen molar-refractivity contribution < 1.29 is 9.53 Å². The first-order valence-corrected chi connectivity index (χ1v) is 6.43. The summed E-state index contributed by atoms with van der Waals surface area (Å²) >= 11 is 0. The van der Waals surface area contributed by atoms with E-state index in [2.05, 4.69) is 12.2 Å². The van der Waals surface area contributed by atoms with Crippen LogP contribution in [0.3, 0.4) is 0 Å². The quantitative estimate of drug-likeness (QED) is 0.692. The number of rotatable bonds is 8. The number of carbonyl (C=O) groups excluding carboxylic acids is 1. The zero-order valence-corrected chi connectivity index (χ0v) is 11.1. The summed E-state index contributed by atoms with van der Waals surface area (Å²) < 4.78 is 5.67. The number of nitrogens with one attached hydrogen (secondary N) is 1. The molecule has 18 heavy (non-hydrogen) atoms. The van der Waals surface area contributed by atoms with Crippen LogP contribution in [0.15, 0.2) is 24.3 Å². The Bertz CT molecular complexity index is 380. The molecular weight excluding hydrogens is 228 g/mol. The molecule has 0 fully saturated rings. The third kappa shape index (κ3) is 4.37. The van der Waals surface area contributed by atoms with Crippen molar-refractivity contribution in [2.45, 2.75) is 39.3 Å². The van der Waals surface area contributed by atoms with Gasteiger partial charge in [0.2, 0.25) is 0 Å².